The number of hydrogen-bond donors (Lipinski definition) is 1. The molecule has 1 atom stereocenters. The van der Waals surface area contributed by atoms with Crippen molar-refractivity contribution in [1.29, 1.82) is 0 Å². The van der Waals surface area contributed by atoms with E-state index in [1.807, 2.05) is 43.3 Å². The molecule has 0 radical (unpaired) electrons. The molecule has 0 fully saturated rings. The molecule has 0 unspecified atom stereocenters. The third-order valence-corrected chi connectivity index (χ3v) is 7.21. The molecule has 4 rings (SSSR count). The highest BCUT2D eigenvalue weighted by molar-refractivity contribution is 6.42. The van der Waals surface area contributed by atoms with Gasteiger partial charge >= 0.3 is 0 Å². The minimum Gasteiger partial charge on any atom is -0.354 e. The fourth-order valence-electron chi connectivity index (χ4n) is 4.55. The van der Waals surface area contributed by atoms with Crippen LogP contribution in [0.5, 0.6) is 0 Å². The minimum atomic E-state index is -0.662. The van der Waals surface area contributed by atoms with Crippen LogP contribution < -0.4 is 10.2 Å². The zero-order valence-corrected chi connectivity index (χ0v) is 21.9. The summed E-state index contributed by atoms with van der Waals surface area (Å²) in [4.78, 5) is 42.4. The molecule has 0 bridgehead atoms. The van der Waals surface area contributed by atoms with Crippen LogP contribution >= 0.6 is 23.2 Å². The van der Waals surface area contributed by atoms with Crippen molar-refractivity contribution >= 4 is 57.4 Å². The third-order valence-electron chi connectivity index (χ3n) is 6.47. The van der Waals surface area contributed by atoms with Crippen molar-refractivity contribution in [1.82, 2.24) is 10.2 Å². The zero-order valence-electron chi connectivity index (χ0n) is 20.4. The molecule has 3 amide bonds. The van der Waals surface area contributed by atoms with Crippen LogP contribution in [0, 0.1) is 0 Å². The highest BCUT2D eigenvalue weighted by Crippen LogP contribution is 2.37. The third kappa shape index (κ3) is 5.35. The van der Waals surface area contributed by atoms with Crippen LogP contribution in [-0.2, 0) is 16.1 Å². The van der Waals surface area contributed by atoms with Crippen molar-refractivity contribution in [2.45, 2.75) is 45.7 Å². The van der Waals surface area contributed by atoms with Crippen LogP contribution in [0.4, 0.5) is 5.69 Å². The van der Waals surface area contributed by atoms with Gasteiger partial charge in [-0.05, 0) is 55.0 Å². The lowest BCUT2D eigenvalue weighted by atomic mass is 10.1. The van der Waals surface area contributed by atoms with Crippen LogP contribution in [0.1, 0.15) is 49.0 Å². The second-order valence-electron chi connectivity index (χ2n) is 8.98. The number of carbonyl (C=O) groups excluding carboxylic acids is 3. The Balaban J connectivity index is 1.46. The number of carbonyl (C=O) groups is 3. The first-order valence-corrected chi connectivity index (χ1v) is 12.9. The minimum absolute atomic E-state index is 0.0470. The van der Waals surface area contributed by atoms with E-state index in [0.717, 1.165) is 28.4 Å². The molecule has 1 N–H and O–H groups in total. The Morgan fingerprint density at radius 2 is 1.81 bits per heavy atom. The molecular formula is C28H29Cl2N3O3. The zero-order chi connectivity index (χ0) is 25.8. The second kappa shape index (κ2) is 11.3. The average molecular weight is 526 g/mol. The number of hydrogen-bond acceptors (Lipinski definition) is 3. The number of anilines is 1. The topological polar surface area (TPSA) is 69.7 Å². The van der Waals surface area contributed by atoms with Crippen molar-refractivity contribution in [3.8, 4) is 0 Å². The van der Waals surface area contributed by atoms with E-state index in [1.165, 1.54) is 0 Å². The molecule has 8 heteroatoms. The van der Waals surface area contributed by atoms with Gasteiger partial charge in [-0.1, -0.05) is 60.5 Å². The SMILES string of the molecule is CCCNC(=O)[C@@H](C)N(Cc1ccc(Cl)c(Cl)c1)C(=O)CCCN1C(=O)c2cccc3cccc1c23. The van der Waals surface area contributed by atoms with Gasteiger partial charge in [0.2, 0.25) is 11.8 Å². The molecule has 188 valence electrons. The molecule has 1 heterocycles. The molecule has 1 aliphatic rings. The van der Waals surface area contributed by atoms with E-state index in [9.17, 15) is 14.4 Å². The predicted octanol–water partition coefficient (Wildman–Crippen LogP) is 5.83. The second-order valence-corrected chi connectivity index (χ2v) is 9.79. The maximum atomic E-state index is 13.4. The predicted molar refractivity (Wildman–Crippen MR) is 145 cm³/mol. The van der Waals surface area contributed by atoms with Gasteiger partial charge in [0, 0.05) is 37.0 Å². The van der Waals surface area contributed by atoms with Gasteiger partial charge in [0.1, 0.15) is 6.04 Å². The van der Waals surface area contributed by atoms with Crippen molar-refractivity contribution < 1.29 is 14.4 Å². The molecule has 6 nitrogen and oxygen atoms in total. The molecule has 3 aromatic rings. The fraction of sp³-hybridized carbons (Fsp3) is 0.321. The number of halogens is 2. The summed E-state index contributed by atoms with van der Waals surface area (Å²) in [6.07, 6.45) is 1.47. The first kappa shape index (κ1) is 26.0. The summed E-state index contributed by atoms with van der Waals surface area (Å²) in [5, 5.41) is 5.67. The molecule has 0 saturated heterocycles. The Morgan fingerprint density at radius 3 is 2.53 bits per heavy atom. The molecule has 0 saturated carbocycles. The summed E-state index contributed by atoms with van der Waals surface area (Å²) < 4.78 is 0. The van der Waals surface area contributed by atoms with Crippen LogP contribution in [0.2, 0.25) is 10.0 Å². The quantitative estimate of drug-likeness (QED) is 0.362. The van der Waals surface area contributed by atoms with Crippen LogP contribution in [0.15, 0.2) is 54.6 Å². The fourth-order valence-corrected chi connectivity index (χ4v) is 4.87. The lowest BCUT2D eigenvalue weighted by Gasteiger charge is -2.29. The summed E-state index contributed by atoms with van der Waals surface area (Å²) >= 11 is 12.2. The molecule has 0 aliphatic carbocycles. The highest BCUT2D eigenvalue weighted by atomic mass is 35.5. The van der Waals surface area contributed by atoms with E-state index in [2.05, 4.69) is 5.32 Å². The first-order valence-electron chi connectivity index (χ1n) is 12.2. The van der Waals surface area contributed by atoms with Gasteiger partial charge in [0.05, 0.1) is 15.7 Å². The van der Waals surface area contributed by atoms with Gasteiger partial charge in [0.25, 0.3) is 5.91 Å². The van der Waals surface area contributed by atoms with E-state index in [-0.39, 0.29) is 30.7 Å². The standard InChI is InChI=1S/C28H29Cl2N3O3/c1-3-14-31-27(35)18(2)33(17-19-12-13-22(29)23(30)16-19)25(34)11-6-15-32-24-10-5-8-20-7-4-9-21(26(20)24)28(32)36/h4-5,7-10,12-13,16,18H,3,6,11,14-15,17H2,1-2H3,(H,31,35)/t18-/m1/s1. The number of amides is 3. The Labute approximate surface area is 221 Å². The average Bonchev–Trinajstić information content (AvgIpc) is 3.15. The summed E-state index contributed by atoms with van der Waals surface area (Å²) in [5.41, 5.74) is 2.35. The Bertz CT molecular complexity index is 1310. The Kier molecular flexibility index (Phi) is 8.17. The van der Waals surface area contributed by atoms with Crippen LogP contribution in [-0.4, -0.2) is 41.8 Å². The summed E-state index contributed by atoms with van der Waals surface area (Å²) in [7, 11) is 0. The highest BCUT2D eigenvalue weighted by Gasteiger charge is 2.30. The van der Waals surface area contributed by atoms with E-state index >= 15 is 0 Å². The van der Waals surface area contributed by atoms with Gasteiger partial charge in [-0.2, -0.15) is 0 Å². The first-order chi connectivity index (χ1) is 17.3. The van der Waals surface area contributed by atoms with Gasteiger partial charge in [-0.25, -0.2) is 0 Å². The van der Waals surface area contributed by atoms with Crippen LogP contribution in [0.25, 0.3) is 10.8 Å². The lowest BCUT2D eigenvalue weighted by Crippen LogP contribution is -2.47. The van der Waals surface area contributed by atoms with Gasteiger partial charge in [-0.3, -0.25) is 14.4 Å². The molecule has 0 aromatic heterocycles. The molecule has 1 aliphatic heterocycles. The Morgan fingerprint density at radius 1 is 1.06 bits per heavy atom. The van der Waals surface area contributed by atoms with Crippen molar-refractivity contribution in [2.75, 3.05) is 18.0 Å². The van der Waals surface area contributed by atoms with Crippen LogP contribution in [0.3, 0.4) is 0 Å². The number of nitrogens with one attached hydrogen (secondary N) is 1. The van der Waals surface area contributed by atoms with Gasteiger partial charge in [0.15, 0.2) is 0 Å². The van der Waals surface area contributed by atoms with E-state index in [0.29, 0.717) is 35.1 Å². The summed E-state index contributed by atoms with van der Waals surface area (Å²) in [6.45, 7) is 4.88. The summed E-state index contributed by atoms with van der Waals surface area (Å²) in [6, 6.07) is 16.1. The number of benzene rings is 3. The van der Waals surface area contributed by atoms with Crippen molar-refractivity contribution in [3.63, 3.8) is 0 Å². The molecular weight excluding hydrogens is 497 g/mol. The molecule has 3 aromatic carbocycles. The monoisotopic (exact) mass is 525 g/mol. The number of rotatable bonds is 10. The molecule has 0 spiro atoms. The van der Waals surface area contributed by atoms with Gasteiger partial charge in [-0.15, -0.1) is 0 Å². The van der Waals surface area contributed by atoms with Crippen molar-refractivity contribution in [3.05, 3.63) is 75.8 Å². The smallest absolute Gasteiger partial charge is 0.258 e. The van der Waals surface area contributed by atoms with E-state index in [1.54, 1.807) is 34.9 Å². The summed E-state index contributed by atoms with van der Waals surface area (Å²) in [5.74, 6) is -0.418. The molecule has 36 heavy (non-hydrogen) atoms. The van der Waals surface area contributed by atoms with Gasteiger partial charge < -0.3 is 15.1 Å². The number of nitrogens with zero attached hydrogens (tertiary/aromatic N) is 2. The normalized spacial score (nSPS) is 13.2. The van der Waals surface area contributed by atoms with E-state index in [4.69, 9.17) is 23.2 Å². The largest absolute Gasteiger partial charge is 0.354 e. The maximum absolute atomic E-state index is 13.4. The van der Waals surface area contributed by atoms with E-state index < -0.39 is 6.04 Å². The maximum Gasteiger partial charge on any atom is 0.258 e. The van der Waals surface area contributed by atoms with Crippen molar-refractivity contribution in [2.24, 2.45) is 0 Å². The Hall–Kier alpha value is -3.09. The lowest BCUT2D eigenvalue weighted by molar-refractivity contribution is -0.140.